The molecular formula is C17H15N6-. The van der Waals surface area contributed by atoms with Crippen LogP contribution in [0.1, 0.15) is 18.2 Å². The van der Waals surface area contributed by atoms with E-state index in [4.69, 9.17) is 5.41 Å². The molecule has 6 heteroatoms. The molecule has 4 rings (SSSR count). The van der Waals surface area contributed by atoms with Gasteiger partial charge in [-0.3, -0.25) is 4.68 Å². The molecule has 3 heterocycles. The molecular weight excluding hydrogens is 288 g/mol. The quantitative estimate of drug-likeness (QED) is 0.790. The van der Waals surface area contributed by atoms with Crippen molar-refractivity contribution in [1.82, 2.24) is 19.7 Å². The summed E-state index contributed by atoms with van der Waals surface area (Å²) in [6.45, 7) is 2.44. The first-order chi connectivity index (χ1) is 11.2. The third kappa shape index (κ3) is 2.19. The summed E-state index contributed by atoms with van der Waals surface area (Å²) in [5, 5.41) is 17.0. The Hall–Kier alpha value is -3.02. The normalized spacial score (nSPS) is 20.0. The Morgan fingerprint density at radius 2 is 2.00 bits per heavy atom. The molecule has 0 amide bonds. The van der Waals surface area contributed by atoms with Crippen LogP contribution in [0.15, 0.2) is 55.2 Å². The Labute approximate surface area is 133 Å². The lowest BCUT2D eigenvalue weighted by Gasteiger charge is -2.43. The first-order valence-electron chi connectivity index (χ1n) is 7.35. The molecule has 6 nitrogen and oxygen atoms in total. The van der Waals surface area contributed by atoms with Gasteiger partial charge in [0.15, 0.2) is 0 Å². The van der Waals surface area contributed by atoms with Gasteiger partial charge in [0.1, 0.15) is 6.33 Å². The summed E-state index contributed by atoms with van der Waals surface area (Å²) in [5.41, 5.74) is 3.39. The van der Waals surface area contributed by atoms with Crippen molar-refractivity contribution in [3.8, 4) is 11.1 Å². The minimum absolute atomic E-state index is 0.331. The van der Waals surface area contributed by atoms with Gasteiger partial charge in [0.25, 0.3) is 0 Å². The lowest BCUT2D eigenvalue weighted by Crippen LogP contribution is -2.35. The van der Waals surface area contributed by atoms with E-state index in [1.54, 1.807) is 18.6 Å². The maximum absolute atomic E-state index is 8.03. The van der Waals surface area contributed by atoms with Gasteiger partial charge in [0.05, 0.1) is 6.54 Å². The van der Waals surface area contributed by atoms with Crippen LogP contribution in [0.3, 0.4) is 0 Å². The van der Waals surface area contributed by atoms with E-state index in [1.807, 2.05) is 35.9 Å². The predicted molar refractivity (Wildman–Crippen MR) is 87.2 cm³/mol. The summed E-state index contributed by atoms with van der Waals surface area (Å²) < 4.78 is 1.84. The molecule has 1 aromatic carbocycles. The molecule has 23 heavy (non-hydrogen) atoms. The predicted octanol–water partition coefficient (Wildman–Crippen LogP) is 2.97. The minimum Gasteiger partial charge on any atom is -0.484 e. The number of amidine groups is 1. The van der Waals surface area contributed by atoms with Gasteiger partial charge in [-0.05, 0) is 17.2 Å². The Bertz CT molecular complexity index is 870. The Balaban J connectivity index is 1.84. The molecule has 1 atom stereocenters. The fraction of sp³-hybridized carbons (Fsp3) is 0.176. The van der Waals surface area contributed by atoms with Crippen LogP contribution in [0, 0.1) is 5.41 Å². The van der Waals surface area contributed by atoms with E-state index in [0.29, 0.717) is 12.4 Å². The highest BCUT2D eigenvalue weighted by Gasteiger charge is 2.31. The number of benzene rings is 1. The molecule has 1 aliphatic rings. The maximum atomic E-state index is 8.03. The maximum Gasteiger partial charge on any atom is 0.115 e. The third-order valence-electron chi connectivity index (χ3n) is 4.19. The third-order valence-corrected chi connectivity index (χ3v) is 4.19. The molecule has 114 valence electrons. The van der Waals surface area contributed by atoms with Gasteiger partial charge in [-0.2, -0.15) is 5.10 Å². The smallest absolute Gasteiger partial charge is 0.115 e. The summed E-state index contributed by atoms with van der Waals surface area (Å²) in [5.74, 6) is 0.331. The van der Waals surface area contributed by atoms with E-state index in [9.17, 15) is 0 Å². The average Bonchev–Trinajstić information content (AvgIpc) is 3.05. The van der Waals surface area contributed by atoms with E-state index in [0.717, 1.165) is 22.4 Å². The van der Waals surface area contributed by atoms with Crippen LogP contribution in [-0.4, -0.2) is 25.6 Å². The molecule has 1 N–H and O–H groups in total. The van der Waals surface area contributed by atoms with E-state index < -0.39 is 5.54 Å². The molecule has 0 fully saturated rings. The monoisotopic (exact) mass is 303 g/mol. The first-order valence-corrected chi connectivity index (χ1v) is 7.35. The van der Waals surface area contributed by atoms with Crippen LogP contribution in [0.2, 0.25) is 0 Å². The van der Waals surface area contributed by atoms with E-state index in [-0.39, 0.29) is 0 Å². The van der Waals surface area contributed by atoms with Gasteiger partial charge in [-0.25, -0.2) is 9.97 Å². The topological polar surface area (TPSA) is 81.5 Å². The van der Waals surface area contributed by atoms with Crippen molar-refractivity contribution in [2.75, 3.05) is 0 Å². The second kappa shape index (κ2) is 5.01. The highest BCUT2D eigenvalue weighted by atomic mass is 15.3. The Morgan fingerprint density at radius 1 is 1.17 bits per heavy atom. The molecule has 0 saturated carbocycles. The SMILES string of the molecule is CC1(c2cccc(-c3cncnc3)c2)[N-]C(=N)Cn2nccc21. The number of nitrogens with one attached hydrogen (secondary N) is 1. The van der Waals surface area contributed by atoms with Crippen molar-refractivity contribution in [1.29, 1.82) is 5.41 Å². The number of hydrogen-bond donors (Lipinski definition) is 1. The Kier molecular flexibility index (Phi) is 2.97. The van der Waals surface area contributed by atoms with Crippen molar-refractivity contribution >= 4 is 5.84 Å². The van der Waals surface area contributed by atoms with Gasteiger partial charge in [0, 0.05) is 35.4 Å². The zero-order chi connectivity index (χ0) is 15.9. The minimum atomic E-state index is -0.614. The standard InChI is InChI=1S/C17H15N6/c1-17(15-5-6-21-23(15)10-16(18)22-17)14-4-2-3-12(7-14)13-8-19-11-20-9-13/h2-9,11H,10H2,1H3,(H-,18,22)/q-1. The van der Waals surface area contributed by atoms with Crippen molar-refractivity contribution < 1.29 is 0 Å². The van der Waals surface area contributed by atoms with Crippen LogP contribution >= 0.6 is 0 Å². The lowest BCUT2D eigenvalue weighted by molar-refractivity contribution is 0.551. The Morgan fingerprint density at radius 3 is 2.83 bits per heavy atom. The summed E-state index contributed by atoms with van der Waals surface area (Å²) >= 11 is 0. The number of rotatable bonds is 2. The van der Waals surface area contributed by atoms with Crippen molar-refractivity contribution in [3.63, 3.8) is 0 Å². The number of nitrogens with zero attached hydrogens (tertiary/aromatic N) is 5. The van der Waals surface area contributed by atoms with Crippen LogP contribution in [0.4, 0.5) is 0 Å². The number of fused-ring (bicyclic) bond motifs is 1. The molecule has 2 aromatic heterocycles. The zero-order valence-electron chi connectivity index (χ0n) is 12.6. The van der Waals surface area contributed by atoms with Crippen molar-refractivity contribution in [2.24, 2.45) is 0 Å². The average molecular weight is 303 g/mol. The van der Waals surface area contributed by atoms with E-state index >= 15 is 0 Å². The van der Waals surface area contributed by atoms with Crippen molar-refractivity contribution in [3.05, 3.63) is 71.8 Å². The fourth-order valence-electron chi connectivity index (χ4n) is 3.04. The van der Waals surface area contributed by atoms with Gasteiger partial charge in [-0.1, -0.05) is 37.0 Å². The number of aromatic nitrogens is 4. The van der Waals surface area contributed by atoms with Crippen LogP contribution in [-0.2, 0) is 12.1 Å². The molecule has 0 spiro atoms. The largest absolute Gasteiger partial charge is 0.484 e. The van der Waals surface area contributed by atoms with E-state index in [2.05, 4.69) is 26.4 Å². The zero-order valence-corrected chi connectivity index (χ0v) is 12.6. The molecule has 0 bridgehead atoms. The highest BCUT2D eigenvalue weighted by Crippen LogP contribution is 2.41. The molecule has 1 unspecified atom stereocenters. The highest BCUT2D eigenvalue weighted by molar-refractivity contribution is 5.95. The molecule has 1 aliphatic heterocycles. The summed E-state index contributed by atoms with van der Waals surface area (Å²) in [6, 6.07) is 10.1. The first kappa shape index (κ1) is 13.6. The molecule has 0 aliphatic carbocycles. The van der Waals surface area contributed by atoms with Gasteiger partial charge in [0.2, 0.25) is 0 Å². The summed E-state index contributed by atoms with van der Waals surface area (Å²) in [7, 11) is 0. The molecule has 3 aromatic rings. The number of hydrogen-bond acceptors (Lipinski definition) is 4. The molecule has 0 saturated heterocycles. The van der Waals surface area contributed by atoms with Crippen molar-refractivity contribution in [2.45, 2.75) is 19.0 Å². The van der Waals surface area contributed by atoms with E-state index in [1.165, 1.54) is 6.33 Å². The van der Waals surface area contributed by atoms with Gasteiger partial charge in [-0.15, -0.1) is 0 Å². The summed E-state index contributed by atoms with van der Waals surface area (Å²) in [6.07, 6.45) is 6.86. The molecule has 0 radical (unpaired) electrons. The fourth-order valence-corrected chi connectivity index (χ4v) is 3.04. The lowest BCUT2D eigenvalue weighted by atomic mass is 9.85. The van der Waals surface area contributed by atoms with Crippen LogP contribution in [0.25, 0.3) is 16.4 Å². The van der Waals surface area contributed by atoms with Crippen LogP contribution < -0.4 is 0 Å². The van der Waals surface area contributed by atoms with Gasteiger partial charge >= 0.3 is 0 Å². The second-order valence-corrected chi connectivity index (χ2v) is 5.71. The van der Waals surface area contributed by atoms with Crippen LogP contribution in [0.5, 0.6) is 0 Å². The van der Waals surface area contributed by atoms with Gasteiger partial charge < -0.3 is 10.7 Å². The summed E-state index contributed by atoms with van der Waals surface area (Å²) in [4.78, 5) is 8.16. The second-order valence-electron chi connectivity index (χ2n) is 5.71.